The van der Waals surface area contributed by atoms with Crippen LogP contribution in [0.15, 0.2) is 30.3 Å². The summed E-state index contributed by atoms with van der Waals surface area (Å²) in [6, 6.07) is 11.5. The number of aryl methyl sites for hydroxylation is 1. The number of likely N-dealkylation sites (tertiary alicyclic amines) is 1. The Bertz CT molecular complexity index is 1300. The molecule has 5 rings (SSSR count). The van der Waals surface area contributed by atoms with Crippen LogP contribution in [0, 0.1) is 30.0 Å². The third-order valence-corrected chi connectivity index (χ3v) is 7.63. The van der Waals surface area contributed by atoms with Gasteiger partial charge in [0.05, 0.1) is 34.8 Å². The van der Waals surface area contributed by atoms with Crippen LogP contribution in [0.2, 0.25) is 0 Å². The third kappa shape index (κ3) is 4.47. The summed E-state index contributed by atoms with van der Waals surface area (Å²) in [4.78, 5) is 7.18. The van der Waals surface area contributed by atoms with Crippen LogP contribution in [0.5, 0.6) is 0 Å². The van der Waals surface area contributed by atoms with Crippen LogP contribution in [0.4, 0.5) is 4.39 Å². The van der Waals surface area contributed by atoms with Gasteiger partial charge < -0.3 is 19.3 Å². The Balaban J connectivity index is 1.38. The molecule has 6 nitrogen and oxygen atoms in total. The van der Waals surface area contributed by atoms with Gasteiger partial charge in [-0.25, -0.2) is 9.37 Å². The molecule has 1 aliphatic heterocycles. The molecule has 0 saturated carbocycles. The number of rotatable bonds is 5. The lowest BCUT2D eigenvalue weighted by Gasteiger charge is -2.40. The van der Waals surface area contributed by atoms with E-state index in [9.17, 15) is 14.8 Å². The minimum absolute atomic E-state index is 0.0521. The van der Waals surface area contributed by atoms with Crippen molar-refractivity contribution < 1.29 is 14.2 Å². The number of aromatic nitrogens is 2. The Morgan fingerprint density at radius 2 is 2.00 bits per heavy atom. The third-order valence-electron chi connectivity index (χ3n) is 7.63. The van der Waals surface area contributed by atoms with Crippen LogP contribution in [-0.4, -0.2) is 52.4 Å². The van der Waals surface area contributed by atoms with E-state index in [4.69, 9.17) is 9.72 Å². The second kappa shape index (κ2) is 9.02. The van der Waals surface area contributed by atoms with E-state index in [1.54, 1.807) is 33.9 Å². The summed E-state index contributed by atoms with van der Waals surface area (Å²) >= 11 is 0. The Kier molecular flexibility index (Phi) is 6.16. The number of methoxy groups -OCH3 is 1. The number of aliphatic hydroxyl groups is 1. The normalized spacial score (nSPS) is 22.9. The van der Waals surface area contributed by atoms with E-state index < -0.39 is 5.60 Å². The molecule has 1 fully saturated rings. The maximum absolute atomic E-state index is 14.6. The van der Waals surface area contributed by atoms with Gasteiger partial charge in [-0.05, 0) is 80.8 Å². The second-order valence-electron chi connectivity index (χ2n) is 10.7. The monoisotopic (exact) mass is 476 g/mol. The molecule has 3 atom stereocenters. The number of halogens is 1. The van der Waals surface area contributed by atoms with E-state index in [1.165, 1.54) is 17.2 Å². The highest BCUT2D eigenvalue weighted by Crippen LogP contribution is 2.36. The molecule has 0 amide bonds. The number of nitriles is 1. The zero-order valence-corrected chi connectivity index (χ0v) is 20.9. The molecule has 2 aromatic carbocycles. The van der Waals surface area contributed by atoms with Crippen LogP contribution >= 0.6 is 0 Å². The maximum Gasteiger partial charge on any atom is 0.141 e. The zero-order chi connectivity index (χ0) is 24.9. The van der Waals surface area contributed by atoms with Crippen LogP contribution in [0.25, 0.3) is 11.0 Å². The van der Waals surface area contributed by atoms with E-state index >= 15 is 0 Å². The van der Waals surface area contributed by atoms with Crippen molar-refractivity contribution in [3.63, 3.8) is 0 Å². The van der Waals surface area contributed by atoms with E-state index in [0.717, 1.165) is 44.5 Å². The summed E-state index contributed by atoms with van der Waals surface area (Å²) in [5, 5.41) is 20.1. The number of benzene rings is 2. The SMILES string of the molecule is CO[C@@H]1CN(C[C@H]2Cc3ccc(C#N)cc3C2)CC[C@H]1n1c(C(C)(C)O)nc2cc(C)c(F)cc21. The van der Waals surface area contributed by atoms with Gasteiger partial charge in [0.15, 0.2) is 0 Å². The molecule has 0 bridgehead atoms. The molecule has 1 saturated heterocycles. The number of hydrogen-bond donors (Lipinski definition) is 1. The molecule has 2 aliphatic rings. The van der Waals surface area contributed by atoms with Gasteiger partial charge in [0.1, 0.15) is 17.2 Å². The van der Waals surface area contributed by atoms with Gasteiger partial charge in [-0.3, -0.25) is 0 Å². The topological polar surface area (TPSA) is 74.3 Å². The van der Waals surface area contributed by atoms with Gasteiger partial charge in [0.25, 0.3) is 0 Å². The average Bonchev–Trinajstić information content (AvgIpc) is 3.39. The fourth-order valence-corrected chi connectivity index (χ4v) is 5.92. The molecule has 184 valence electrons. The van der Waals surface area contributed by atoms with Crippen LogP contribution in [0.1, 0.15) is 54.4 Å². The van der Waals surface area contributed by atoms with Gasteiger partial charge in [-0.2, -0.15) is 5.26 Å². The first-order valence-electron chi connectivity index (χ1n) is 12.4. The summed E-state index contributed by atoms with van der Waals surface area (Å²) < 4.78 is 22.6. The number of piperidine rings is 1. The number of imidazole rings is 1. The Labute approximate surface area is 205 Å². The highest BCUT2D eigenvalue weighted by Gasteiger charge is 2.37. The van der Waals surface area contributed by atoms with Gasteiger partial charge in [-0.15, -0.1) is 0 Å². The molecular formula is C28H33FN4O2. The first kappa shape index (κ1) is 23.9. The maximum atomic E-state index is 14.6. The molecule has 1 N–H and O–H groups in total. The molecule has 1 aliphatic carbocycles. The van der Waals surface area contributed by atoms with E-state index in [0.29, 0.717) is 28.3 Å². The molecule has 0 unspecified atom stereocenters. The molecular weight excluding hydrogens is 443 g/mol. The van der Waals surface area contributed by atoms with Gasteiger partial charge in [-0.1, -0.05) is 6.07 Å². The van der Waals surface area contributed by atoms with Crippen molar-refractivity contribution in [3.8, 4) is 6.07 Å². The number of nitrogens with zero attached hydrogens (tertiary/aromatic N) is 4. The van der Waals surface area contributed by atoms with Crippen molar-refractivity contribution in [1.82, 2.24) is 14.5 Å². The van der Waals surface area contributed by atoms with Crippen LogP contribution in [0.3, 0.4) is 0 Å². The van der Waals surface area contributed by atoms with Crippen LogP contribution in [-0.2, 0) is 23.2 Å². The van der Waals surface area contributed by atoms with Crippen molar-refractivity contribution in [3.05, 3.63) is 64.2 Å². The molecule has 1 aromatic heterocycles. The number of fused-ring (bicyclic) bond motifs is 2. The summed E-state index contributed by atoms with van der Waals surface area (Å²) in [6.45, 7) is 7.80. The fraction of sp³-hybridized carbons (Fsp3) is 0.500. The highest BCUT2D eigenvalue weighted by molar-refractivity contribution is 5.77. The lowest BCUT2D eigenvalue weighted by Crippen LogP contribution is -2.47. The van der Waals surface area contributed by atoms with Crippen molar-refractivity contribution >= 4 is 11.0 Å². The van der Waals surface area contributed by atoms with Crippen molar-refractivity contribution in [1.29, 1.82) is 5.26 Å². The predicted octanol–water partition coefficient (Wildman–Crippen LogP) is 4.26. The molecule has 0 spiro atoms. The minimum Gasteiger partial charge on any atom is -0.383 e. The van der Waals surface area contributed by atoms with E-state index in [2.05, 4.69) is 17.0 Å². The summed E-state index contributed by atoms with van der Waals surface area (Å²) in [5.74, 6) is 0.788. The smallest absolute Gasteiger partial charge is 0.141 e. The van der Waals surface area contributed by atoms with Gasteiger partial charge >= 0.3 is 0 Å². The quantitative estimate of drug-likeness (QED) is 0.596. The molecule has 2 heterocycles. The summed E-state index contributed by atoms with van der Waals surface area (Å²) in [5.41, 5.74) is 4.14. The lowest BCUT2D eigenvalue weighted by atomic mass is 9.97. The van der Waals surface area contributed by atoms with Gasteiger partial charge in [0, 0.05) is 32.8 Å². The lowest BCUT2D eigenvalue weighted by molar-refractivity contribution is -0.0152. The Morgan fingerprint density at radius 3 is 2.71 bits per heavy atom. The first-order chi connectivity index (χ1) is 16.7. The highest BCUT2D eigenvalue weighted by atomic mass is 19.1. The summed E-state index contributed by atoms with van der Waals surface area (Å²) in [6.07, 6.45) is 2.74. The average molecular weight is 477 g/mol. The van der Waals surface area contributed by atoms with Gasteiger partial charge in [0.2, 0.25) is 0 Å². The molecule has 7 heteroatoms. The Morgan fingerprint density at radius 1 is 1.23 bits per heavy atom. The van der Waals surface area contributed by atoms with E-state index in [1.807, 2.05) is 16.7 Å². The fourth-order valence-electron chi connectivity index (χ4n) is 5.92. The first-order valence-corrected chi connectivity index (χ1v) is 12.4. The molecule has 35 heavy (non-hydrogen) atoms. The largest absolute Gasteiger partial charge is 0.383 e. The molecule has 0 radical (unpaired) electrons. The number of ether oxygens (including phenoxy) is 1. The summed E-state index contributed by atoms with van der Waals surface area (Å²) in [7, 11) is 1.73. The minimum atomic E-state index is -1.17. The standard InChI is InChI=1S/C28H33FN4O2/c1-17-9-23-25(13-22(17)29)33(27(31-23)28(2,3)34)24-7-8-32(16-26(24)35-4)15-19-11-20-6-5-18(14-30)10-21(20)12-19/h5-6,9-10,13,19,24,26,34H,7-8,11-12,15-16H2,1-4H3/t19-,24+,26+/m0/s1. The van der Waals surface area contributed by atoms with Crippen molar-refractivity contribution in [2.24, 2.45) is 5.92 Å². The van der Waals surface area contributed by atoms with Crippen molar-refractivity contribution in [2.45, 2.75) is 57.8 Å². The zero-order valence-electron chi connectivity index (χ0n) is 20.9. The van der Waals surface area contributed by atoms with Crippen LogP contribution < -0.4 is 0 Å². The van der Waals surface area contributed by atoms with Crippen molar-refractivity contribution in [2.75, 3.05) is 26.7 Å². The second-order valence-corrected chi connectivity index (χ2v) is 10.7. The predicted molar refractivity (Wildman–Crippen MR) is 133 cm³/mol. The van der Waals surface area contributed by atoms with E-state index in [-0.39, 0.29) is 18.0 Å². The number of hydrogen-bond acceptors (Lipinski definition) is 5. The Hall–Kier alpha value is -2.79. The molecule has 3 aromatic rings.